The van der Waals surface area contributed by atoms with Gasteiger partial charge in [0.2, 0.25) is 5.91 Å². The number of rotatable bonds is 4. The molecule has 2 aromatic carbocycles. The lowest BCUT2D eigenvalue weighted by atomic mass is 10.0. The van der Waals surface area contributed by atoms with E-state index in [4.69, 9.17) is 5.73 Å². The Morgan fingerprint density at radius 1 is 1.08 bits per heavy atom. The molecule has 0 aliphatic rings. The standard InChI is InChI=1S/C19H17N3O2S/c1-11-6-7-15(12(2)8-11)16-10-25-19(21-16)22-18(24)14-5-3-4-13(9-14)17(20)23/h3-10H,1-2H3,(H2,20,23)(H,21,22,24). The molecule has 0 spiro atoms. The summed E-state index contributed by atoms with van der Waals surface area (Å²) >= 11 is 1.36. The second kappa shape index (κ2) is 6.86. The number of nitrogens with zero attached hydrogens (tertiary/aromatic N) is 1. The summed E-state index contributed by atoms with van der Waals surface area (Å²) < 4.78 is 0. The van der Waals surface area contributed by atoms with Crippen LogP contribution < -0.4 is 11.1 Å². The van der Waals surface area contributed by atoms with E-state index >= 15 is 0 Å². The van der Waals surface area contributed by atoms with Crippen molar-refractivity contribution in [2.45, 2.75) is 13.8 Å². The third-order valence-electron chi connectivity index (χ3n) is 3.79. The van der Waals surface area contributed by atoms with E-state index < -0.39 is 5.91 Å². The number of hydrogen-bond donors (Lipinski definition) is 2. The van der Waals surface area contributed by atoms with Crippen molar-refractivity contribution in [2.75, 3.05) is 5.32 Å². The second-order valence-electron chi connectivity index (χ2n) is 5.76. The molecule has 0 fully saturated rings. The normalized spacial score (nSPS) is 10.5. The summed E-state index contributed by atoms with van der Waals surface area (Å²) in [5.41, 5.74) is 10.1. The van der Waals surface area contributed by atoms with Crippen LogP contribution >= 0.6 is 11.3 Å². The van der Waals surface area contributed by atoms with E-state index in [1.807, 2.05) is 31.4 Å². The Bertz CT molecular complexity index is 963. The third kappa shape index (κ3) is 3.75. The lowest BCUT2D eigenvalue weighted by Crippen LogP contribution is -2.15. The molecule has 6 heteroatoms. The highest BCUT2D eigenvalue weighted by Crippen LogP contribution is 2.28. The number of primary amides is 1. The smallest absolute Gasteiger partial charge is 0.257 e. The van der Waals surface area contributed by atoms with E-state index in [0.717, 1.165) is 16.8 Å². The Labute approximate surface area is 149 Å². The van der Waals surface area contributed by atoms with Gasteiger partial charge in [-0.25, -0.2) is 4.98 Å². The molecule has 0 bridgehead atoms. The van der Waals surface area contributed by atoms with Gasteiger partial charge in [-0.2, -0.15) is 0 Å². The SMILES string of the molecule is Cc1ccc(-c2csc(NC(=O)c3cccc(C(N)=O)c3)n2)c(C)c1. The molecule has 3 aromatic rings. The van der Waals surface area contributed by atoms with Gasteiger partial charge in [0.15, 0.2) is 5.13 Å². The highest BCUT2D eigenvalue weighted by molar-refractivity contribution is 7.14. The minimum atomic E-state index is -0.568. The number of aryl methyl sites for hydroxylation is 2. The first-order chi connectivity index (χ1) is 11.9. The van der Waals surface area contributed by atoms with Gasteiger partial charge < -0.3 is 5.73 Å². The second-order valence-corrected chi connectivity index (χ2v) is 6.61. The number of nitrogens with one attached hydrogen (secondary N) is 1. The van der Waals surface area contributed by atoms with Crippen LogP contribution in [0, 0.1) is 13.8 Å². The van der Waals surface area contributed by atoms with Crippen LogP contribution in [0.25, 0.3) is 11.3 Å². The highest BCUT2D eigenvalue weighted by Gasteiger charge is 2.12. The van der Waals surface area contributed by atoms with Crippen LogP contribution in [0.1, 0.15) is 31.8 Å². The maximum atomic E-state index is 12.3. The molecule has 1 aromatic heterocycles. The lowest BCUT2D eigenvalue weighted by molar-refractivity contribution is 0.1000. The zero-order valence-electron chi connectivity index (χ0n) is 13.9. The highest BCUT2D eigenvalue weighted by atomic mass is 32.1. The summed E-state index contributed by atoms with van der Waals surface area (Å²) in [6.07, 6.45) is 0. The maximum Gasteiger partial charge on any atom is 0.257 e. The number of thiazole rings is 1. The van der Waals surface area contributed by atoms with E-state index in [9.17, 15) is 9.59 Å². The molecule has 5 nitrogen and oxygen atoms in total. The predicted molar refractivity (Wildman–Crippen MR) is 99.9 cm³/mol. The van der Waals surface area contributed by atoms with Gasteiger partial charge in [0, 0.05) is 22.1 Å². The largest absolute Gasteiger partial charge is 0.366 e. The first-order valence-corrected chi connectivity index (χ1v) is 8.56. The van der Waals surface area contributed by atoms with Gasteiger partial charge in [-0.1, -0.05) is 29.8 Å². The molecule has 0 atom stereocenters. The number of benzene rings is 2. The molecule has 1 heterocycles. The first kappa shape index (κ1) is 16.9. The molecule has 0 saturated heterocycles. The van der Waals surface area contributed by atoms with E-state index in [1.54, 1.807) is 18.2 Å². The fraction of sp³-hybridized carbons (Fsp3) is 0.105. The van der Waals surface area contributed by atoms with Gasteiger partial charge in [0.05, 0.1) is 5.69 Å². The van der Waals surface area contributed by atoms with Crippen molar-refractivity contribution in [3.05, 3.63) is 70.1 Å². The molecule has 0 aliphatic carbocycles. The van der Waals surface area contributed by atoms with Crippen LogP contribution in [-0.2, 0) is 0 Å². The van der Waals surface area contributed by atoms with Crippen molar-refractivity contribution in [3.8, 4) is 11.3 Å². The molecule has 126 valence electrons. The summed E-state index contributed by atoms with van der Waals surface area (Å²) in [6, 6.07) is 12.5. The van der Waals surface area contributed by atoms with Crippen molar-refractivity contribution < 1.29 is 9.59 Å². The van der Waals surface area contributed by atoms with E-state index in [2.05, 4.69) is 16.4 Å². The van der Waals surface area contributed by atoms with Crippen molar-refractivity contribution >= 4 is 28.3 Å². The summed E-state index contributed by atoms with van der Waals surface area (Å²) in [4.78, 5) is 28.1. The van der Waals surface area contributed by atoms with Gasteiger partial charge >= 0.3 is 0 Å². The molecule has 2 amide bonds. The minimum absolute atomic E-state index is 0.294. The molecule has 0 radical (unpaired) electrons. The average molecular weight is 351 g/mol. The number of amides is 2. The number of hydrogen-bond acceptors (Lipinski definition) is 4. The quantitative estimate of drug-likeness (QED) is 0.750. The molecular weight excluding hydrogens is 334 g/mol. The lowest BCUT2D eigenvalue weighted by Gasteiger charge is -2.04. The zero-order chi connectivity index (χ0) is 18.0. The zero-order valence-corrected chi connectivity index (χ0v) is 14.7. The first-order valence-electron chi connectivity index (χ1n) is 7.68. The van der Waals surface area contributed by atoms with E-state index in [0.29, 0.717) is 16.3 Å². The minimum Gasteiger partial charge on any atom is -0.366 e. The molecular formula is C19H17N3O2S. The average Bonchev–Trinajstić information content (AvgIpc) is 3.03. The van der Waals surface area contributed by atoms with Crippen LogP contribution in [0.3, 0.4) is 0 Å². The van der Waals surface area contributed by atoms with Crippen molar-refractivity contribution in [3.63, 3.8) is 0 Å². The molecule has 0 aliphatic heterocycles. The van der Waals surface area contributed by atoms with Gasteiger partial charge in [0.1, 0.15) is 0 Å². The summed E-state index contributed by atoms with van der Waals surface area (Å²) in [6.45, 7) is 4.08. The van der Waals surface area contributed by atoms with Crippen LogP contribution in [0.2, 0.25) is 0 Å². The van der Waals surface area contributed by atoms with Gasteiger partial charge in [-0.3, -0.25) is 14.9 Å². The predicted octanol–water partition coefficient (Wildman–Crippen LogP) is 3.78. The monoisotopic (exact) mass is 351 g/mol. The van der Waals surface area contributed by atoms with Crippen LogP contribution in [0.5, 0.6) is 0 Å². The number of anilines is 1. The van der Waals surface area contributed by atoms with Crippen molar-refractivity contribution in [2.24, 2.45) is 5.73 Å². The summed E-state index contributed by atoms with van der Waals surface area (Å²) in [5, 5.41) is 5.18. The third-order valence-corrected chi connectivity index (χ3v) is 4.55. The van der Waals surface area contributed by atoms with Gasteiger partial charge in [-0.05, 0) is 37.6 Å². The van der Waals surface area contributed by atoms with Crippen LogP contribution in [0.15, 0.2) is 47.8 Å². The molecule has 3 N–H and O–H groups in total. The molecule has 3 rings (SSSR count). The Hall–Kier alpha value is -2.99. The summed E-state index contributed by atoms with van der Waals surface area (Å²) in [7, 11) is 0. The Morgan fingerprint density at radius 3 is 2.56 bits per heavy atom. The Balaban J connectivity index is 1.80. The number of carbonyl (C=O) groups is 2. The molecule has 25 heavy (non-hydrogen) atoms. The number of aromatic nitrogens is 1. The fourth-order valence-corrected chi connectivity index (χ4v) is 3.24. The number of nitrogens with two attached hydrogens (primary N) is 1. The topological polar surface area (TPSA) is 85.1 Å². The van der Waals surface area contributed by atoms with Gasteiger partial charge in [-0.15, -0.1) is 11.3 Å². The van der Waals surface area contributed by atoms with E-state index in [1.165, 1.54) is 23.0 Å². The molecule has 0 saturated carbocycles. The number of carbonyl (C=O) groups excluding carboxylic acids is 2. The molecule has 0 unspecified atom stereocenters. The maximum absolute atomic E-state index is 12.3. The Kier molecular flexibility index (Phi) is 4.63. The Morgan fingerprint density at radius 2 is 1.84 bits per heavy atom. The van der Waals surface area contributed by atoms with E-state index in [-0.39, 0.29) is 5.91 Å². The summed E-state index contributed by atoms with van der Waals surface area (Å²) in [5.74, 6) is -0.898. The fourth-order valence-electron chi connectivity index (χ4n) is 2.54. The van der Waals surface area contributed by atoms with Crippen LogP contribution in [-0.4, -0.2) is 16.8 Å². The van der Waals surface area contributed by atoms with Crippen LogP contribution in [0.4, 0.5) is 5.13 Å². The van der Waals surface area contributed by atoms with Gasteiger partial charge in [0.25, 0.3) is 5.91 Å². The van der Waals surface area contributed by atoms with Crippen molar-refractivity contribution in [1.29, 1.82) is 0 Å². The van der Waals surface area contributed by atoms with Crippen molar-refractivity contribution in [1.82, 2.24) is 4.98 Å².